The molecule has 1 N–H and O–H groups in total. The quantitative estimate of drug-likeness (QED) is 0.552. The van der Waals surface area contributed by atoms with E-state index in [1.807, 2.05) is 0 Å². The van der Waals surface area contributed by atoms with Crippen LogP contribution in [0.2, 0.25) is 0 Å². The van der Waals surface area contributed by atoms with E-state index in [0.29, 0.717) is 11.1 Å². The molecule has 2 aromatic carbocycles. The van der Waals surface area contributed by atoms with E-state index in [-0.39, 0.29) is 29.8 Å². The predicted molar refractivity (Wildman–Crippen MR) is 94.5 cm³/mol. The van der Waals surface area contributed by atoms with Gasteiger partial charge in [-0.25, -0.2) is 8.78 Å². The smallest absolute Gasteiger partial charge is 0.387 e. The van der Waals surface area contributed by atoms with Crippen LogP contribution in [0.5, 0.6) is 11.5 Å². The molecular formula is C19H17F4N3O3. The lowest BCUT2D eigenvalue weighted by atomic mass is 10.1. The van der Waals surface area contributed by atoms with Gasteiger partial charge in [-0.2, -0.15) is 13.8 Å². The van der Waals surface area contributed by atoms with Gasteiger partial charge in [0.2, 0.25) is 11.7 Å². The molecule has 0 saturated carbocycles. The number of benzene rings is 2. The molecule has 0 radical (unpaired) electrons. The molecular weight excluding hydrogens is 394 g/mol. The molecule has 0 spiro atoms. The van der Waals surface area contributed by atoms with Gasteiger partial charge in [0.1, 0.15) is 11.6 Å². The maximum Gasteiger partial charge on any atom is 0.387 e. The van der Waals surface area contributed by atoms with Gasteiger partial charge in [0.15, 0.2) is 11.5 Å². The first-order chi connectivity index (χ1) is 13.9. The van der Waals surface area contributed by atoms with E-state index < -0.39 is 24.3 Å². The molecule has 1 aromatic heterocycles. The Bertz CT molecular complexity index is 981. The van der Waals surface area contributed by atoms with Crippen LogP contribution in [0.25, 0.3) is 11.4 Å². The normalized spacial score (nSPS) is 12.2. The maximum atomic E-state index is 13.8. The molecule has 1 heterocycles. The molecule has 0 amide bonds. The molecule has 0 aliphatic rings. The van der Waals surface area contributed by atoms with Gasteiger partial charge in [0.05, 0.1) is 13.7 Å². The van der Waals surface area contributed by atoms with Crippen molar-refractivity contribution in [1.82, 2.24) is 15.5 Å². The number of rotatable bonds is 8. The van der Waals surface area contributed by atoms with Crippen LogP contribution in [0.3, 0.4) is 0 Å². The Morgan fingerprint density at radius 2 is 1.90 bits per heavy atom. The molecule has 3 aromatic rings. The number of alkyl halides is 2. The van der Waals surface area contributed by atoms with Crippen LogP contribution in [-0.2, 0) is 6.54 Å². The monoisotopic (exact) mass is 411 g/mol. The van der Waals surface area contributed by atoms with Gasteiger partial charge in [0, 0.05) is 23.2 Å². The number of nitrogens with one attached hydrogen (secondary N) is 1. The fraction of sp³-hybridized carbons (Fsp3) is 0.263. The summed E-state index contributed by atoms with van der Waals surface area (Å²) in [5.41, 5.74) is 0.765. The molecule has 10 heteroatoms. The van der Waals surface area contributed by atoms with Crippen LogP contribution in [-0.4, -0.2) is 23.9 Å². The summed E-state index contributed by atoms with van der Waals surface area (Å²) in [5, 5.41) is 6.84. The second-order valence-corrected chi connectivity index (χ2v) is 6.02. The highest BCUT2D eigenvalue weighted by molar-refractivity contribution is 5.60. The molecule has 3 rings (SSSR count). The summed E-state index contributed by atoms with van der Waals surface area (Å²) in [6.07, 6.45) is 0. The Labute approximate surface area is 163 Å². The van der Waals surface area contributed by atoms with Crippen molar-refractivity contribution >= 4 is 0 Å². The van der Waals surface area contributed by atoms with E-state index >= 15 is 0 Å². The zero-order valence-electron chi connectivity index (χ0n) is 15.5. The average Bonchev–Trinajstić information content (AvgIpc) is 3.15. The van der Waals surface area contributed by atoms with E-state index in [4.69, 9.17) is 9.26 Å². The predicted octanol–water partition coefficient (Wildman–Crippen LogP) is 4.48. The fourth-order valence-electron chi connectivity index (χ4n) is 2.65. The van der Waals surface area contributed by atoms with Crippen molar-refractivity contribution in [2.24, 2.45) is 0 Å². The first-order valence-electron chi connectivity index (χ1n) is 8.51. The third-order valence-corrected chi connectivity index (χ3v) is 4.09. The number of aromatic nitrogens is 2. The zero-order chi connectivity index (χ0) is 21.0. The molecule has 0 fully saturated rings. The second kappa shape index (κ2) is 8.91. The minimum Gasteiger partial charge on any atom is -0.493 e. The Balaban J connectivity index is 1.69. The summed E-state index contributed by atoms with van der Waals surface area (Å²) in [6, 6.07) is 7.15. The largest absolute Gasteiger partial charge is 0.493 e. The van der Waals surface area contributed by atoms with Crippen molar-refractivity contribution in [3.8, 4) is 22.9 Å². The van der Waals surface area contributed by atoms with Gasteiger partial charge in [-0.1, -0.05) is 11.2 Å². The Morgan fingerprint density at radius 1 is 1.10 bits per heavy atom. The molecule has 0 saturated heterocycles. The Hall–Kier alpha value is -3.14. The minimum atomic E-state index is -2.98. The highest BCUT2D eigenvalue weighted by Crippen LogP contribution is 2.32. The summed E-state index contributed by atoms with van der Waals surface area (Å²) in [4.78, 5) is 4.21. The van der Waals surface area contributed by atoms with Gasteiger partial charge < -0.3 is 19.3 Å². The van der Waals surface area contributed by atoms with Crippen molar-refractivity contribution in [3.63, 3.8) is 0 Å². The molecule has 154 valence electrons. The highest BCUT2D eigenvalue weighted by Gasteiger charge is 2.16. The lowest BCUT2D eigenvalue weighted by Gasteiger charge is -2.13. The molecule has 0 aliphatic heterocycles. The van der Waals surface area contributed by atoms with E-state index in [0.717, 1.165) is 6.07 Å². The van der Waals surface area contributed by atoms with Gasteiger partial charge in [0.25, 0.3) is 0 Å². The van der Waals surface area contributed by atoms with Gasteiger partial charge >= 0.3 is 6.61 Å². The van der Waals surface area contributed by atoms with Crippen LogP contribution in [0.15, 0.2) is 40.9 Å². The SMILES string of the molecule is COc1cc(-c2noc(CNC(C)c3ccc(F)cc3F)n2)ccc1OC(F)F. The average molecular weight is 411 g/mol. The van der Waals surface area contributed by atoms with Gasteiger partial charge in [-0.3, -0.25) is 0 Å². The number of methoxy groups -OCH3 is 1. The van der Waals surface area contributed by atoms with Crippen molar-refractivity contribution in [3.05, 3.63) is 59.5 Å². The Morgan fingerprint density at radius 3 is 2.59 bits per heavy atom. The summed E-state index contributed by atoms with van der Waals surface area (Å²) in [7, 11) is 1.32. The summed E-state index contributed by atoms with van der Waals surface area (Å²) in [6.45, 7) is -1.14. The molecule has 6 nitrogen and oxygen atoms in total. The standard InChI is InChI=1S/C19H17F4N3O3/c1-10(13-5-4-12(20)8-14(13)21)24-9-17-25-18(26-29-17)11-3-6-15(28-19(22)23)16(7-11)27-2/h3-8,10,19,24H,9H2,1-2H3. The molecule has 0 aliphatic carbocycles. The summed E-state index contributed by atoms with van der Waals surface area (Å²) in [5.74, 6) is -0.903. The Kier molecular flexibility index (Phi) is 6.32. The number of hydrogen-bond acceptors (Lipinski definition) is 6. The lowest BCUT2D eigenvalue weighted by molar-refractivity contribution is -0.0512. The summed E-state index contributed by atoms with van der Waals surface area (Å²) < 4.78 is 66.2. The molecule has 1 atom stereocenters. The molecule has 0 bridgehead atoms. The van der Waals surface area contributed by atoms with E-state index in [9.17, 15) is 17.6 Å². The number of halogens is 4. The van der Waals surface area contributed by atoms with Crippen molar-refractivity contribution in [1.29, 1.82) is 0 Å². The molecule has 1 unspecified atom stereocenters. The van der Waals surface area contributed by atoms with Crippen LogP contribution < -0.4 is 14.8 Å². The van der Waals surface area contributed by atoms with Crippen molar-refractivity contribution < 1.29 is 31.6 Å². The first-order valence-corrected chi connectivity index (χ1v) is 8.51. The third-order valence-electron chi connectivity index (χ3n) is 4.09. The van der Waals surface area contributed by atoms with Crippen LogP contribution >= 0.6 is 0 Å². The van der Waals surface area contributed by atoms with Gasteiger partial charge in [-0.05, 0) is 31.2 Å². The lowest BCUT2D eigenvalue weighted by Crippen LogP contribution is -2.19. The van der Waals surface area contributed by atoms with E-state index in [1.165, 1.54) is 37.4 Å². The van der Waals surface area contributed by atoms with Gasteiger partial charge in [-0.15, -0.1) is 0 Å². The molecule has 29 heavy (non-hydrogen) atoms. The second-order valence-electron chi connectivity index (χ2n) is 6.02. The number of ether oxygens (including phenoxy) is 2. The van der Waals surface area contributed by atoms with Crippen molar-refractivity contribution in [2.75, 3.05) is 7.11 Å². The fourth-order valence-corrected chi connectivity index (χ4v) is 2.65. The zero-order valence-corrected chi connectivity index (χ0v) is 15.5. The third kappa shape index (κ3) is 5.02. The topological polar surface area (TPSA) is 69.4 Å². The van der Waals surface area contributed by atoms with E-state index in [1.54, 1.807) is 6.92 Å². The number of nitrogens with zero attached hydrogens (tertiary/aromatic N) is 2. The van der Waals surface area contributed by atoms with Crippen molar-refractivity contribution in [2.45, 2.75) is 26.1 Å². The van der Waals surface area contributed by atoms with E-state index in [2.05, 4.69) is 20.2 Å². The van der Waals surface area contributed by atoms with Crippen LogP contribution in [0, 0.1) is 11.6 Å². The van der Waals surface area contributed by atoms with Crippen LogP contribution in [0.1, 0.15) is 24.4 Å². The summed E-state index contributed by atoms with van der Waals surface area (Å²) >= 11 is 0. The highest BCUT2D eigenvalue weighted by atomic mass is 19.3. The first kappa shape index (κ1) is 20.6. The maximum absolute atomic E-state index is 13.8. The minimum absolute atomic E-state index is 0.0904. The number of hydrogen-bond donors (Lipinski definition) is 1. The van der Waals surface area contributed by atoms with Crippen LogP contribution in [0.4, 0.5) is 17.6 Å².